The summed E-state index contributed by atoms with van der Waals surface area (Å²) in [5, 5.41) is 4.72. The third kappa shape index (κ3) is 5.32. The second-order valence-corrected chi connectivity index (χ2v) is 7.39. The molecule has 146 valence electrons. The van der Waals surface area contributed by atoms with Gasteiger partial charge in [-0.1, -0.05) is 30.3 Å². The summed E-state index contributed by atoms with van der Waals surface area (Å²) in [6, 6.07) is 13.6. The number of anilines is 1. The molecule has 2 N–H and O–H groups in total. The number of benzene rings is 2. The van der Waals surface area contributed by atoms with E-state index in [0.717, 1.165) is 10.6 Å². The van der Waals surface area contributed by atoms with E-state index in [2.05, 4.69) is 10.6 Å². The molecule has 0 bridgehead atoms. The van der Waals surface area contributed by atoms with Crippen LogP contribution < -0.4 is 10.6 Å². The molecule has 1 aliphatic heterocycles. The van der Waals surface area contributed by atoms with Gasteiger partial charge in [0, 0.05) is 11.4 Å². The molecule has 1 heterocycles. The highest BCUT2D eigenvalue weighted by Gasteiger charge is 2.29. The van der Waals surface area contributed by atoms with Crippen molar-refractivity contribution in [2.75, 3.05) is 18.5 Å². The van der Waals surface area contributed by atoms with Crippen molar-refractivity contribution in [2.24, 2.45) is 0 Å². The summed E-state index contributed by atoms with van der Waals surface area (Å²) in [7, 11) is 0. The fourth-order valence-corrected chi connectivity index (χ4v) is 3.77. The first-order chi connectivity index (χ1) is 13.5. The Hall–Kier alpha value is -2.87. The summed E-state index contributed by atoms with van der Waals surface area (Å²) in [5.74, 6) is -1.70. The fourth-order valence-electron chi connectivity index (χ4n) is 2.67. The number of para-hydroxylation sites is 1. The molecule has 0 spiro atoms. The predicted octanol–water partition coefficient (Wildman–Crippen LogP) is 2.53. The number of halogens is 1. The van der Waals surface area contributed by atoms with Crippen LogP contribution in [0, 0.1) is 5.82 Å². The fraction of sp³-hybridized carbons (Fsp3) is 0.250. The number of thioether (sulfide) groups is 1. The van der Waals surface area contributed by atoms with Crippen LogP contribution in [0.15, 0.2) is 53.4 Å². The number of fused-ring (bicyclic) bond motifs is 1. The quantitative estimate of drug-likeness (QED) is 0.696. The van der Waals surface area contributed by atoms with E-state index in [4.69, 9.17) is 4.74 Å². The minimum Gasteiger partial charge on any atom is -0.456 e. The lowest BCUT2D eigenvalue weighted by atomic mass is 10.1. The zero-order valence-corrected chi connectivity index (χ0v) is 15.8. The number of amides is 2. The van der Waals surface area contributed by atoms with Gasteiger partial charge < -0.3 is 15.4 Å². The van der Waals surface area contributed by atoms with E-state index in [-0.39, 0.29) is 24.7 Å². The van der Waals surface area contributed by atoms with Crippen molar-refractivity contribution in [2.45, 2.75) is 23.0 Å². The van der Waals surface area contributed by atoms with Crippen LogP contribution in [0.4, 0.5) is 10.1 Å². The summed E-state index contributed by atoms with van der Waals surface area (Å²) in [5.41, 5.74) is 1.22. The van der Waals surface area contributed by atoms with E-state index < -0.39 is 23.7 Å². The predicted molar refractivity (Wildman–Crippen MR) is 103 cm³/mol. The minimum atomic E-state index is -0.628. The first-order valence-corrected chi connectivity index (χ1v) is 9.63. The Morgan fingerprint density at radius 1 is 1.14 bits per heavy atom. The first kappa shape index (κ1) is 19.9. The lowest BCUT2D eigenvalue weighted by Gasteiger charge is -2.23. The van der Waals surface area contributed by atoms with Crippen LogP contribution in [-0.4, -0.2) is 36.2 Å². The maximum absolute atomic E-state index is 13.5. The van der Waals surface area contributed by atoms with Crippen LogP contribution >= 0.6 is 11.8 Å². The van der Waals surface area contributed by atoms with Gasteiger partial charge in [0.25, 0.3) is 5.91 Å². The third-order valence-electron chi connectivity index (χ3n) is 4.10. The van der Waals surface area contributed by atoms with Gasteiger partial charge in [0.1, 0.15) is 5.82 Å². The van der Waals surface area contributed by atoms with Gasteiger partial charge in [-0.25, -0.2) is 4.39 Å². The highest BCUT2D eigenvalue weighted by molar-refractivity contribution is 8.01. The van der Waals surface area contributed by atoms with Crippen molar-refractivity contribution >= 4 is 35.2 Å². The van der Waals surface area contributed by atoms with E-state index in [9.17, 15) is 18.8 Å². The molecule has 1 atom stereocenters. The van der Waals surface area contributed by atoms with Crippen LogP contribution in [-0.2, 0) is 25.5 Å². The Morgan fingerprint density at radius 2 is 1.89 bits per heavy atom. The van der Waals surface area contributed by atoms with Gasteiger partial charge in [-0.3, -0.25) is 14.4 Å². The molecule has 2 aromatic carbocycles. The maximum Gasteiger partial charge on any atom is 0.307 e. The molecule has 2 aromatic rings. The molecule has 0 radical (unpaired) electrons. The summed E-state index contributed by atoms with van der Waals surface area (Å²) < 4.78 is 18.4. The molecule has 3 rings (SSSR count). The van der Waals surface area contributed by atoms with Gasteiger partial charge in [-0.15, -0.1) is 11.8 Å². The molecule has 0 saturated heterocycles. The Labute approximate surface area is 165 Å². The highest BCUT2D eigenvalue weighted by atomic mass is 32.2. The Morgan fingerprint density at radius 3 is 2.71 bits per heavy atom. The number of ether oxygens (including phenoxy) is 1. The summed E-state index contributed by atoms with van der Waals surface area (Å²) in [6.45, 7) is -0.208. The molecule has 0 fully saturated rings. The molecule has 2 amide bonds. The molecule has 0 saturated carbocycles. The van der Waals surface area contributed by atoms with Crippen LogP contribution in [0.3, 0.4) is 0 Å². The largest absolute Gasteiger partial charge is 0.456 e. The molecular formula is C20H19FN2O4S. The van der Waals surface area contributed by atoms with Crippen molar-refractivity contribution in [1.29, 1.82) is 0 Å². The van der Waals surface area contributed by atoms with Gasteiger partial charge in [0.15, 0.2) is 6.61 Å². The second-order valence-electron chi connectivity index (χ2n) is 6.15. The van der Waals surface area contributed by atoms with E-state index in [0.29, 0.717) is 12.0 Å². The van der Waals surface area contributed by atoms with Crippen molar-refractivity contribution in [3.05, 3.63) is 59.9 Å². The van der Waals surface area contributed by atoms with Gasteiger partial charge in [-0.2, -0.15) is 0 Å². The first-order valence-electron chi connectivity index (χ1n) is 8.75. The molecule has 0 aliphatic carbocycles. The van der Waals surface area contributed by atoms with E-state index >= 15 is 0 Å². The zero-order valence-electron chi connectivity index (χ0n) is 14.9. The summed E-state index contributed by atoms with van der Waals surface area (Å²) in [6.07, 6.45) is 0.206. The lowest BCUT2D eigenvalue weighted by molar-refractivity contribution is -0.149. The molecule has 0 aromatic heterocycles. The summed E-state index contributed by atoms with van der Waals surface area (Å²) >= 11 is 1.29. The van der Waals surface area contributed by atoms with Gasteiger partial charge >= 0.3 is 5.97 Å². The van der Waals surface area contributed by atoms with Gasteiger partial charge in [0.2, 0.25) is 5.91 Å². The smallest absolute Gasteiger partial charge is 0.307 e. The van der Waals surface area contributed by atoms with Gasteiger partial charge in [0.05, 0.1) is 17.4 Å². The Kier molecular flexibility index (Phi) is 6.65. The van der Waals surface area contributed by atoms with Crippen LogP contribution in [0.5, 0.6) is 0 Å². The molecular weight excluding hydrogens is 383 g/mol. The minimum absolute atomic E-state index is 0.132. The van der Waals surface area contributed by atoms with Crippen LogP contribution in [0.1, 0.15) is 12.0 Å². The monoisotopic (exact) mass is 402 g/mol. The number of hydrogen-bond acceptors (Lipinski definition) is 5. The molecule has 0 unspecified atom stereocenters. The second kappa shape index (κ2) is 9.36. The van der Waals surface area contributed by atoms with Crippen LogP contribution in [0.25, 0.3) is 0 Å². The topological polar surface area (TPSA) is 84.5 Å². The Balaban J connectivity index is 1.39. The van der Waals surface area contributed by atoms with E-state index in [1.807, 2.05) is 18.2 Å². The maximum atomic E-state index is 13.5. The van der Waals surface area contributed by atoms with E-state index in [1.165, 1.54) is 17.8 Å². The molecule has 28 heavy (non-hydrogen) atoms. The zero-order chi connectivity index (χ0) is 19.9. The van der Waals surface area contributed by atoms with Crippen molar-refractivity contribution in [3.8, 4) is 0 Å². The SMILES string of the molecule is O=C(COC(=O)C[C@@H]1Sc2ccccc2NC1=O)NCCc1ccccc1F. The number of carbonyl (C=O) groups excluding carboxylic acids is 3. The number of esters is 1. The van der Waals surface area contributed by atoms with Gasteiger partial charge in [-0.05, 0) is 30.2 Å². The highest BCUT2D eigenvalue weighted by Crippen LogP contribution is 2.36. The number of hydrogen-bond donors (Lipinski definition) is 2. The van der Waals surface area contributed by atoms with E-state index in [1.54, 1.807) is 24.3 Å². The lowest BCUT2D eigenvalue weighted by Crippen LogP contribution is -2.33. The van der Waals surface area contributed by atoms with Crippen molar-refractivity contribution in [3.63, 3.8) is 0 Å². The molecule has 1 aliphatic rings. The van der Waals surface area contributed by atoms with Crippen molar-refractivity contribution in [1.82, 2.24) is 5.32 Å². The standard InChI is InChI=1S/C20H19FN2O4S/c21-14-6-2-1-5-13(14)9-10-22-18(24)12-27-19(25)11-17-20(26)23-15-7-3-4-8-16(15)28-17/h1-8,17H,9-12H2,(H,22,24)(H,23,26)/t17-/m0/s1. The molecule has 8 heteroatoms. The average molecular weight is 402 g/mol. The summed E-state index contributed by atoms with van der Waals surface area (Å²) in [4.78, 5) is 36.7. The number of nitrogens with one attached hydrogen (secondary N) is 2. The normalized spacial score (nSPS) is 15.3. The third-order valence-corrected chi connectivity index (χ3v) is 5.37. The van der Waals surface area contributed by atoms with Crippen molar-refractivity contribution < 1.29 is 23.5 Å². The average Bonchev–Trinajstić information content (AvgIpc) is 2.68. The Bertz CT molecular complexity index is 890. The van der Waals surface area contributed by atoms with Crippen LogP contribution in [0.2, 0.25) is 0 Å². The molecule has 6 nitrogen and oxygen atoms in total. The number of rotatable bonds is 7. The number of carbonyl (C=O) groups is 3.